The number of nitrogens with zero attached hydrogens (tertiary/aromatic N) is 4. The fraction of sp³-hybridized carbons (Fsp3) is 0.533. The van der Waals surface area contributed by atoms with Crippen molar-refractivity contribution in [1.82, 2.24) is 15.0 Å². The summed E-state index contributed by atoms with van der Waals surface area (Å²) in [4.78, 5) is 16.3. The number of ether oxygens (including phenoxy) is 1. The Labute approximate surface area is 118 Å². The maximum Gasteiger partial charge on any atom is 0.142 e. The van der Waals surface area contributed by atoms with E-state index in [0.717, 1.165) is 47.1 Å². The third-order valence-electron chi connectivity index (χ3n) is 4.17. The molecule has 0 aliphatic carbocycles. The van der Waals surface area contributed by atoms with Gasteiger partial charge in [0.25, 0.3) is 0 Å². The molecule has 4 heterocycles. The van der Waals surface area contributed by atoms with Gasteiger partial charge in [0, 0.05) is 12.2 Å². The first kappa shape index (κ1) is 12.0. The number of aryl methyl sites for hydroxylation is 2. The highest BCUT2D eigenvalue weighted by Crippen LogP contribution is 2.34. The van der Waals surface area contributed by atoms with Crippen molar-refractivity contribution in [3.63, 3.8) is 0 Å². The van der Waals surface area contributed by atoms with Crippen LogP contribution < -0.4 is 4.90 Å². The zero-order valence-corrected chi connectivity index (χ0v) is 11.9. The van der Waals surface area contributed by atoms with Gasteiger partial charge < -0.3 is 9.64 Å². The highest BCUT2D eigenvalue weighted by Gasteiger charge is 2.30. The molecular weight excluding hydrogens is 252 g/mol. The normalized spacial score (nSPS) is 21.7. The highest BCUT2D eigenvalue weighted by atomic mass is 16.5. The lowest BCUT2D eigenvalue weighted by Gasteiger charge is -2.29. The molecule has 2 aliphatic rings. The number of hydrogen-bond acceptors (Lipinski definition) is 5. The molecule has 2 aromatic heterocycles. The summed E-state index contributed by atoms with van der Waals surface area (Å²) in [6.45, 7) is 6.34. The van der Waals surface area contributed by atoms with E-state index in [1.54, 1.807) is 0 Å². The summed E-state index contributed by atoms with van der Waals surface area (Å²) < 4.78 is 5.86. The first-order valence-corrected chi connectivity index (χ1v) is 7.21. The predicted octanol–water partition coefficient (Wildman–Crippen LogP) is 2.14. The van der Waals surface area contributed by atoms with Crippen LogP contribution in [0.3, 0.4) is 0 Å². The third kappa shape index (κ3) is 1.77. The standard InChI is InChI=1S/C15H18N4O/c1-9-6-12-14-13(16-9)8-20-7-11-4-3-5-19(11)15(14)18-10(2)17-12/h6,11H,3-5,7-8H2,1-2H3. The van der Waals surface area contributed by atoms with Crippen LogP contribution in [0.2, 0.25) is 0 Å². The molecule has 4 rings (SSSR count). The molecule has 104 valence electrons. The Morgan fingerprint density at radius 3 is 3.05 bits per heavy atom. The van der Waals surface area contributed by atoms with Gasteiger partial charge in [0.1, 0.15) is 11.6 Å². The van der Waals surface area contributed by atoms with E-state index in [0.29, 0.717) is 12.6 Å². The molecule has 1 fully saturated rings. The number of aromatic nitrogens is 3. The molecule has 2 aromatic rings. The van der Waals surface area contributed by atoms with Gasteiger partial charge >= 0.3 is 0 Å². The van der Waals surface area contributed by atoms with Gasteiger partial charge in [-0.3, -0.25) is 4.98 Å². The molecule has 0 bridgehead atoms. The van der Waals surface area contributed by atoms with E-state index in [9.17, 15) is 0 Å². The van der Waals surface area contributed by atoms with Gasteiger partial charge in [-0.1, -0.05) is 0 Å². The molecule has 2 aliphatic heterocycles. The van der Waals surface area contributed by atoms with Crippen LogP contribution in [0.15, 0.2) is 6.07 Å². The maximum atomic E-state index is 5.86. The number of pyridine rings is 1. The molecule has 20 heavy (non-hydrogen) atoms. The van der Waals surface area contributed by atoms with Crippen LogP contribution in [0.5, 0.6) is 0 Å². The Morgan fingerprint density at radius 1 is 1.25 bits per heavy atom. The fourth-order valence-corrected chi connectivity index (χ4v) is 3.35. The molecule has 0 amide bonds. The molecule has 1 unspecified atom stereocenters. The van der Waals surface area contributed by atoms with Crippen molar-refractivity contribution in [2.45, 2.75) is 39.3 Å². The third-order valence-corrected chi connectivity index (χ3v) is 4.17. The van der Waals surface area contributed by atoms with Crippen molar-refractivity contribution >= 4 is 16.7 Å². The van der Waals surface area contributed by atoms with Crippen LogP contribution >= 0.6 is 0 Å². The highest BCUT2D eigenvalue weighted by molar-refractivity contribution is 5.92. The van der Waals surface area contributed by atoms with Crippen LogP contribution in [0.25, 0.3) is 10.9 Å². The lowest BCUT2D eigenvalue weighted by Crippen LogP contribution is -2.35. The first-order chi connectivity index (χ1) is 9.72. The second kappa shape index (κ2) is 4.38. The average molecular weight is 270 g/mol. The molecule has 0 aromatic carbocycles. The van der Waals surface area contributed by atoms with Crippen LogP contribution in [0.1, 0.15) is 30.1 Å². The van der Waals surface area contributed by atoms with Gasteiger partial charge in [0.2, 0.25) is 0 Å². The molecule has 5 heteroatoms. The van der Waals surface area contributed by atoms with Gasteiger partial charge in [0.05, 0.1) is 35.9 Å². The zero-order valence-electron chi connectivity index (χ0n) is 11.9. The van der Waals surface area contributed by atoms with Gasteiger partial charge in [0.15, 0.2) is 0 Å². The maximum absolute atomic E-state index is 5.86. The van der Waals surface area contributed by atoms with Crippen molar-refractivity contribution in [1.29, 1.82) is 0 Å². The van der Waals surface area contributed by atoms with E-state index in [2.05, 4.69) is 14.9 Å². The molecule has 1 saturated heterocycles. The van der Waals surface area contributed by atoms with Crippen molar-refractivity contribution in [2.75, 3.05) is 18.1 Å². The Bertz CT molecular complexity index is 680. The minimum atomic E-state index is 0.446. The molecule has 0 radical (unpaired) electrons. The van der Waals surface area contributed by atoms with Crippen LogP contribution in [-0.2, 0) is 11.3 Å². The fourth-order valence-electron chi connectivity index (χ4n) is 3.35. The van der Waals surface area contributed by atoms with Gasteiger partial charge in [-0.2, -0.15) is 0 Å². The summed E-state index contributed by atoms with van der Waals surface area (Å²) in [5.74, 6) is 1.89. The summed E-state index contributed by atoms with van der Waals surface area (Å²) in [7, 11) is 0. The summed E-state index contributed by atoms with van der Waals surface area (Å²) in [5, 5.41) is 1.08. The molecular formula is C15H18N4O. The Morgan fingerprint density at radius 2 is 2.15 bits per heavy atom. The first-order valence-electron chi connectivity index (χ1n) is 7.21. The monoisotopic (exact) mass is 270 g/mol. The van der Waals surface area contributed by atoms with Gasteiger partial charge in [-0.05, 0) is 32.8 Å². The van der Waals surface area contributed by atoms with E-state index in [1.807, 2.05) is 19.9 Å². The number of anilines is 1. The van der Waals surface area contributed by atoms with E-state index in [1.165, 1.54) is 12.8 Å². The largest absolute Gasteiger partial charge is 0.373 e. The van der Waals surface area contributed by atoms with Crippen molar-refractivity contribution in [3.05, 3.63) is 23.3 Å². The van der Waals surface area contributed by atoms with Gasteiger partial charge in [-0.25, -0.2) is 9.97 Å². The minimum absolute atomic E-state index is 0.446. The van der Waals surface area contributed by atoms with Crippen molar-refractivity contribution in [2.24, 2.45) is 0 Å². The number of fused-ring (bicyclic) bond motifs is 2. The second-order valence-corrected chi connectivity index (χ2v) is 5.70. The molecule has 1 atom stereocenters. The molecule has 0 saturated carbocycles. The summed E-state index contributed by atoms with van der Waals surface area (Å²) in [6, 6.07) is 2.49. The van der Waals surface area contributed by atoms with Crippen molar-refractivity contribution in [3.8, 4) is 0 Å². The van der Waals surface area contributed by atoms with E-state index in [-0.39, 0.29) is 0 Å². The molecule has 0 N–H and O–H groups in total. The van der Waals surface area contributed by atoms with E-state index in [4.69, 9.17) is 9.72 Å². The minimum Gasteiger partial charge on any atom is -0.373 e. The second-order valence-electron chi connectivity index (χ2n) is 5.70. The molecule has 5 nitrogen and oxygen atoms in total. The van der Waals surface area contributed by atoms with Gasteiger partial charge in [-0.15, -0.1) is 0 Å². The lowest BCUT2D eigenvalue weighted by atomic mass is 10.1. The number of rotatable bonds is 0. The number of hydrogen-bond donors (Lipinski definition) is 0. The Balaban J connectivity index is 2.05. The summed E-state index contributed by atoms with van der Waals surface area (Å²) in [6.07, 6.45) is 2.38. The van der Waals surface area contributed by atoms with Crippen LogP contribution in [-0.4, -0.2) is 34.1 Å². The Hall–Kier alpha value is -1.75. The topological polar surface area (TPSA) is 51.1 Å². The summed E-state index contributed by atoms with van der Waals surface area (Å²) in [5.41, 5.74) is 2.95. The zero-order chi connectivity index (χ0) is 13.7. The predicted molar refractivity (Wildman–Crippen MR) is 76.8 cm³/mol. The van der Waals surface area contributed by atoms with E-state index < -0.39 is 0 Å². The van der Waals surface area contributed by atoms with Crippen molar-refractivity contribution < 1.29 is 4.74 Å². The smallest absolute Gasteiger partial charge is 0.142 e. The Kier molecular flexibility index (Phi) is 2.63. The molecule has 0 spiro atoms. The van der Waals surface area contributed by atoms with E-state index >= 15 is 0 Å². The quantitative estimate of drug-likeness (QED) is 0.734. The lowest BCUT2D eigenvalue weighted by molar-refractivity contribution is 0.105. The average Bonchev–Trinajstić information content (AvgIpc) is 2.83. The summed E-state index contributed by atoms with van der Waals surface area (Å²) >= 11 is 0. The van der Waals surface area contributed by atoms with Crippen LogP contribution in [0, 0.1) is 13.8 Å². The van der Waals surface area contributed by atoms with Crippen LogP contribution in [0.4, 0.5) is 5.82 Å². The SMILES string of the molecule is Cc1cc2nc(C)nc3c2c(n1)COCC1CCCN31.